The Morgan fingerprint density at radius 3 is 2.22 bits per heavy atom. The second-order valence-electron chi connectivity index (χ2n) is 6.24. The maximum absolute atomic E-state index is 12.4. The summed E-state index contributed by atoms with van der Waals surface area (Å²) in [7, 11) is 1.91. The van der Waals surface area contributed by atoms with E-state index < -0.39 is 30.3 Å². The molecule has 2 bridgehead atoms. The highest BCUT2D eigenvalue weighted by Crippen LogP contribution is 2.38. The molecule has 0 radical (unpaired) electrons. The van der Waals surface area contributed by atoms with E-state index in [1.165, 1.54) is 6.92 Å². The van der Waals surface area contributed by atoms with Crippen LogP contribution in [0.15, 0.2) is 30.3 Å². The van der Waals surface area contributed by atoms with Crippen molar-refractivity contribution in [3.05, 3.63) is 35.9 Å². The molecular weight excluding hydrogens is 298 g/mol. The molecule has 0 unspecified atom stereocenters. The van der Waals surface area contributed by atoms with Crippen molar-refractivity contribution >= 4 is 11.9 Å². The topological polar surface area (TPSA) is 76.1 Å². The Morgan fingerprint density at radius 2 is 1.65 bits per heavy atom. The van der Waals surface area contributed by atoms with Gasteiger partial charge in [0.2, 0.25) is 0 Å². The summed E-state index contributed by atoms with van der Waals surface area (Å²) in [6, 6.07) is 8.44. The first-order chi connectivity index (χ1) is 11.0. The molecule has 0 amide bonds. The van der Waals surface area contributed by atoms with Gasteiger partial charge in [-0.3, -0.25) is 9.69 Å². The van der Waals surface area contributed by atoms with Crippen molar-refractivity contribution in [2.75, 3.05) is 7.05 Å². The summed E-state index contributed by atoms with van der Waals surface area (Å²) in [5, 5.41) is 10.0. The molecule has 2 aliphatic rings. The lowest BCUT2D eigenvalue weighted by Crippen LogP contribution is -2.45. The number of likely N-dealkylation sites (N-methyl/N-ethyl adjacent to an activating group) is 1. The number of hydrogen-bond donors (Lipinski definition) is 1. The van der Waals surface area contributed by atoms with Crippen LogP contribution in [0.4, 0.5) is 0 Å². The van der Waals surface area contributed by atoms with Gasteiger partial charge < -0.3 is 14.6 Å². The molecule has 6 nitrogen and oxygen atoms in total. The van der Waals surface area contributed by atoms with Crippen molar-refractivity contribution in [1.82, 2.24) is 4.90 Å². The lowest BCUT2D eigenvalue weighted by atomic mass is 10.0. The fourth-order valence-electron chi connectivity index (χ4n) is 3.65. The van der Waals surface area contributed by atoms with Crippen LogP contribution in [0.25, 0.3) is 0 Å². The Kier molecular flexibility index (Phi) is 4.37. The van der Waals surface area contributed by atoms with Crippen molar-refractivity contribution in [3.63, 3.8) is 0 Å². The fourth-order valence-corrected chi connectivity index (χ4v) is 3.65. The van der Waals surface area contributed by atoms with Crippen molar-refractivity contribution < 1.29 is 24.2 Å². The van der Waals surface area contributed by atoms with E-state index in [9.17, 15) is 14.7 Å². The highest BCUT2D eigenvalue weighted by Gasteiger charge is 2.55. The molecule has 2 aliphatic heterocycles. The van der Waals surface area contributed by atoms with E-state index in [1.807, 2.05) is 18.0 Å². The van der Waals surface area contributed by atoms with E-state index in [2.05, 4.69) is 0 Å². The predicted molar refractivity (Wildman–Crippen MR) is 81.8 cm³/mol. The van der Waals surface area contributed by atoms with Crippen LogP contribution in [-0.2, 0) is 14.3 Å². The Balaban J connectivity index is 1.82. The van der Waals surface area contributed by atoms with Crippen LogP contribution in [0.1, 0.15) is 30.1 Å². The van der Waals surface area contributed by atoms with Crippen LogP contribution in [0.2, 0.25) is 0 Å². The Bertz CT molecular complexity index is 590. The molecule has 6 heteroatoms. The average molecular weight is 319 g/mol. The first-order valence-corrected chi connectivity index (χ1v) is 7.80. The van der Waals surface area contributed by atoms with Gasteiger partial charge in [-0.2, -0.15) is 0 Å². The lowest BCUT2D eigenvalue weighted by Gasteiger charge is -2.34. The Hall–Kier alpha value is -1.92. The predicted octanol–water partition coefficient (Wildman–Crippen LogP) is 0.981. The van der Waals surface area contributed by atoms with Crippen LogP contribution in [0, 0.1) is 0 Å². The molecule has 1 aromatic rings. The molecule has 5 atom stereocenters. The molecule has 2 heterocycles. The monoisotopic (exact) mass is 319 g/mol. The van der Waals surface area contributed by atoms with Gasteiger partial charge >= 0.3 is 11.9 Å². The van der Waals surface area contributed by atoms with Crippen molar-refractivity contribution in [2.24, 2.45) is 0 Å². The number of esters is 2. The molecule has 2 fully saturated rings. The Labute approximate surface area is 135 Å². The van der Waals surface area contributed by atoms with Crippen molar-refractivity contribution in [1.29, 1.82) is 0 Å². The van der Waals surface area contributed by atoms with E-state index in [4.69, 9.17) is 9.47 Å². The summed E-state index contributed by atoms with van der Waals surface area (Å²) in [5.74, 6) is -0.852. The van der Waals surface area contributed by atoms with Crippen molar-refractivity contribution in [3.8, 4) is 0 Å². The SMILES string of the molecule is CC(=O)O[C@@H]1[C@H](OC(=O)c2ccccc2)[C@H]2C[C@@H](O)C[C@@H]1N2C. The van der Waals surface area contributed by atoms with Crippen LogP contribution < -0.4 is 0 Å². The van der Waals surface area contributed by atoms with Gasteiger partial charge in [-0.15, -0.1) is 0 Å². The van der Waals surface area contributed by atoms with Gasteiger partial charge in [0.15, 0.2) is 12.2 Å². The van der Waals surface area contributed by atoms with Gasteiger partial charge in [-0.25, -0.2) is 4.79 Å². The standard InChI is InChI=1S/C17H21NO5/c1-10(19)22-15-13-8-12(20)9-14(18(13)2)16(15)23-17(21)11-6-4-3-5-7-11/h3-7,12-16,20H,8-9H2,1-2H3/t12-,13-,14+,15-,16+/m0/s1. The molecule has 3 rings (SSSR count). The number of carbonyl (C=O) groups is 2. The molecule has 124 valence electrons. The fraction of sp³-hybridized carbons (Fsp3) is 0.529. The summed E-state index contributed by atoms with van der Waals surface area (Å²) >= 11 is 0. The number of piperidine rings is 1. The largest absolute Gasteiger partial charge is 0.457 e. The number of ether oxygens (including phenoxy) is 2. The first kappa shape index (κ1) is 16.0. The van der Waals surface area contributed by atoms with E-state index in [0.717, 1.165) is 0 Å². The molecule has 0 saturated carbocycles. The van der Waals surface area contributed by atoms with Crippen LogP contribution >= 0.6 is 0 Å². The number of fused-ring (bicyclic) bond motifs is 2. The zero-order valence-corrected chi connectivity index (χ0v) is 13.2. The van der Waals surface area contributed by atoms with E-state index >= 15 is 0 Å². The third-order valence-electron chi connectivity index (χ3n) is 4.71. The second-order valence-corrected chi connectivity index (χ2v) is 6.24. The Morgan fingerprint density at radius 1 is 1.09 bits per heavy atom. The van der Waals surface area contributed by atoms with Gasteiger partial charge in [-0.1, -0.05) is 18.2 Å². The molecule has 23 heavy (non-hydrogen) atoms. The van der Waals surface area contributed by atoms with Crippen molar-refractivity contribution in [2.45, 2.75) is 50.2 Å². The van der Waals surface area contributed by atoms with Gasteiger partial charge in [0.1, 0.15) is 0 Å². The minimum Gasteiger partial charge on any atom is -0.457 e. The minimum absolute atomic E-state index is 0.138. The highest BCUT2D eigenvalue weighted by molar-refractivity contribution is 5.89. The number of hydrogen-bond acceptors (Lipinski definition) is 6. The summed E-state index contributed by atoms with van der Waals surface area (Å²) in [6.07, 6.45) is -0.590. The van der Waals surface area contributed by atoms with Crippen LogP contribution in [0.5, 0.6) is 0 Å². The number of carbonyl (C=O) groups excluding carboxylic acids is 2. The normalized spacial score (nSPS) is 33.3. The molecule has 2 saturated heterocycles. The van der Waals surface area contributed by atoms with Crippen LogP contribution in [-0.4, -0.2) is 59.4 Å². The first-order valence-electron chi connectivity index (χ1n) is 7.80. The number of rotatable bonds is 3. The number of nitrogens with zero attached hydrogens (tertiary/aromatic N) is 1. The summed E-state index contributed by atoms with van der Waals surface area (Å²) in [6.45, 7) is 1.34. The third kappa shape index (κ3) is 3.09. The van der Waals surface area contributed by atoms with Gasteiger partial charge in [0.05, 0.1) is 23.8 Å². The maximum atomic E-state index is 12.4. The smallest absolute Gasteiger partial charge is 0.338 e. The van der Waals surface area contributed by atoms with Gasteiger partial charge in [0, 0.05) is 6.92 Å². The molecule has 0 aliphatic carbocycles. The zero-order chi connectivity index (χ0) is 16.6. The summed E-state index contributed by atoms with van der Waals surface area (Å²) < 4.78 is 11.1. The maximum Gasteiger partial charge on any atom is 0.338 e. The zero-order valence-electron chi connectivity index (χ0n) is 13.2. The second kappa shape index (κ2) is 6.29. The lowest BCUT2D eigenvalue weighted by molar-refractivity contribution is -0.152. The quantitative estimate of drug-likeness (QED) is 0.837. The molecule has 0 aromatic heterocycles. The van der Waals surface area contributed by atoms with E-state index in [0.29, 0.717) is 18.4 Å². The van der Waals surface area contributed by atoms with E-state index in [1.54, 1.807) is 24.3 Å². The summed E-state index contributed by atoms with van der Waals surface area (Å²) in [4.78, 5) is 25.8. The molecular formula is C17H21NO5. The number of aliphatic hydroxyl groups is 1. The van der Waals surface area contributed by atoms with Gasteiger partial charge in [-0.05, 0) is 32.0 Å². The van der Waals surface area contributed by atoms with Gasteiger partial charge in [0.25, 0.3) is 0 Å². The van der Waals surface area contributed by atoms with E-state index in [-0.39, 0.29) is 12.1 Å². The molecule has 0 spiro atoms. The molecule has 1 N–H and O–H groups in total. The molecule has 1 aromatic carbocycles. The minimum atomic E-state index is -0.571. The summed E-state index contributed by atoms with van der Waals surface area (Å²) in [5.41, 5.74) is 0.457. The van der Waals surface area contributed by atoms with Crippen LogP contribution in [0.3, 0.4) is 0 Å². The number of benzene rings is 1. The number of aliphatic hydroxyl groups excluding tert-OH is 1. The highest BCUT2D eigenvalue weighted by atomic mass is 16.6. The third-order valence-corrected chi connectivity index (χ3v) is 4.71. The average Bonchev–Trinajstić information content (AvgIpc) is 2.66.